The van der Waals surface area contributed by atoms with Gasteiger partial charge in [-0.2, -0.15) is 5.10 Å². The average molecular weight is 261 g/mol. The first-order valence-corrected chi connectivity index (χ1v) is 5.64. The van der Waals surface area contributed by atoms with E-state index < -0.39 is 0 Å². The van der Waals surface area contributed by atoms with Gasteiger partial charge in [0.15, 0.2) is 0 Å². The van der Waals surface area contributed by atoms with Gasteiger partial charge in [0, 0.05) is 13.2 Å². The van der Waals surface area contributed by atoms with Crippen molar-refractivity contribution in [1.29, 1.82) is 0 Å². The predicted molar refractivity (Wildman–Crippen MR) is 61.0 cm³/mol. The van der Waals surface area contributed by atoms with E-state index in [2.05, 4.69) is 5.10 Å². The molecule has 2 aromatic heterocycles. The number of rotatable bonds is 2. The highest BCUT2D eigenvalue weighted by Gasteiger charge is 2.18. The van der Waals surface area contributed by atoms with Crippen LogP contribution in [0.2, 0.25) is 8.67 Å². The molecule has 0 aliphatic rings. The van der Waals surface area contributed by atoms with Crippen molar-refractivity contribution in [3.05, 3.63) is 38.3 Å². The van der Waals surface area contributed by atoms with E-state index in [4.69, 9.17) is 23.2 Å². The monoisotopic (exact) mass is 260 g/mol. The Morgan fingerprint density at radius 1 is 1.53 bits per heavy atom. The first-order chi connectivity index (χ1) is 7.09. The van der Waals surface area contributed by atoms with Crippen LogP contribution in [0.25, 0.3) is 0 Å². The smallest absolute Gasteiger partial charge is 0.213 e. The van der Waals surface area contributed by atoms with Gasteiger partial charge < -0.3 is 0 Å². The Hall–Kier alpha value is -0.840. The van der Waals surface area contributed by atoms with Gasteiger partial charge in [0.05, 0.1) is 9.90 Å². The fourth-order valence-electron chi connectivity index (χ4n) is 1.23. The van der Waals surface area contributed by atoms with Crippen molar-refractivity contribution < 1.29 is 4.79 Å². The SMILES string of the molecule is Cn1nccc1C(=O)c1cc(Cl)sc1Cl. The van der Waals surface area contributed by atoms with E-state index in [1.807, 2.05) is 0 Å². The molecule has 0 radical (unpaired) electrons. The quantitative estimate of drug-likeness (QED) is 0.779. The zero-order chi connectivity index (χ0) is 11.0. The van der Waals surface area contributed by atoms with E-state index in [0.29, 0.717) is 19.9 Å². The second kappa shape index (κ2) is 3.96. The van der Waals surface area contributed by atoms with Crippen LogP contribution < -0.4 is 0 Å². The van der Waals surface area contributed by atoms with Gasteiger partial charge in [-0.3, -0.25) is 9.48 Å². The van der Waals surface area contributed by atoms with Crippen LogP contribution in [0.4, 0.5) is 0 Å². The lowest BCUT2D eigenvalue weighted by atomic mass is 10.2. The fraction of sp³-hybridized carbons (Fsp3) is 0.111. The van der Waals surface area contributed by atoms with Crippen molar-refractivity contribution in [2.75, 3.05) is 0 Å². The third-order valence-electron chi connectivity index (χ3n) is 1.95. The molecule has 0 fully saturated rings. The normalized spacial score (nSPS) is 10.6. The number of aromatic nitrogens is 2. The largest absolute Gasteiger partial charge is 0.287 e. The van der Waals surface area contributed by atoms with Gasteiger partial charge >= 0.3 is 0 Å². The predicted octanol–water partition coefficient (Wildman–Crippen LogP) is 3.02. The number of hydrogen-bond acceptors (Lipinski definition) is 3. The van der Waals surface area contributed by atoms with Gasteiger partial charge in [0.1, 0.15) is 10.0 Å². The lowest BCUT2D eigenvalue weighted by Crippen LogP contribution is -2.07. The van der Waals surface area contributed by atoms with Crippen molar-refractivity contribution >= 4 is 40.3 Å². The summed E-state index contributed by atoms with van der Waals surface area (Å²) in [5.41, 5.74) is 0.918. The molecule has 3 nitrogen and oxygen atoms in total. The minimum Gasteiger partial charge on any atom is -0.287 e. The van der Waals surface area contributed by atoms with Gasteiger partial charge in [-0.1, -0.05) is 23.2 Å². The highest BCUT2D eigenvalue weighted by Crippen LogP contribution is 2.32. The molecule has 0 N–H and O–H groups in total. The molecule has 0 saturated heterocycles. The topological polar surface area (TPSA) is 34.9 Å². The third-order valence-corrected chi connectivity index (χ3v) is 3.44. The second-order valence-corrected chi connectivity index (χ2v) is 5.19. The maximum atomic E-state index is 12.0. The molecular formula is C9H6Cl2N2OS. The molecule has 0 saturated carbocycles. The molecule has 6 heteroatoms. The van der Waals surface area contributed by atoms with E-state index in [-0.39, 0.29) is 5.78 Å². The number of ketones is 1. The standard InChI is InChI=1S/C9H6Cl2N2OS/c1-13-6(2-3-12-13)8(14)5-4-7(10)15-9(5)11/h2-4H,1H3. The molecule has 0 aromatic carbocycles. The molecule has 0 aliphatic heterocycles. The first kappa shape index (κ1) is 10.7. The summed E-state index contributed by atoms with van der Waals surface area (Å²) in [6, 6.07) is 3.22. The average Bonchev–Trinajstić information content (AvgIpc) is 2.71. The molecule has 0 aliphatic carbocycles. The first-order valence-electron chi connectivity index (χ1n) is 4.07. The summed E-state index contributed by atoms with van der Waals surface area (Å²) in [6.07, 6.45) is 1.56. The van der Waals surface area contributed by atoms with Crippen LogP contribution >= 0.6 is 34.5 Å². The summed E-state index contributed by atoms with van der Waals surface area (Å²) in [5, 5.41) is 3.92. The maximum Gasteiger partial charge on any atom is 0.213 e. The Kier molecular flexibility index (Phi) is 2.82. The van der Waals surface area contributed by atoms with E-state index >= 15 is 0 Å². The molecule has 0 atom stereocenters. The van der Waals surface area contributed by atoms with Crippen LogP contribution in [0.15, 0.2) is 18.3 Å². The summed E-state index contributed by atoms with van der Waals surface area (Å²) >= 11 is 12.8. The molecule has 15 heavy (non-hydrogen) atoms. The summed E-state index contributed by atoms with van der Waals surface area (Å²) in [5.74, 6) is -0.164. The second-order valence-electron chi connectivity index (χ2n) is 2.91. The summed E-state index contributed by atoms with van der Waals surface area (Å²) in [7, 11) is 1.70. The van der Waals surface area contributed by atoms with Crippen LogP contribution in [0.3, 0.4) is 0 Å². The molecule has 0 spiro atoms. The van der Waals surface area contributed by atoms with Gasteiger partial charge in [-0.05, 0) is 12.1 Å². The Morgan fingerprint density at radius 3 is 2.73 bits per heavy atom. The van der Waals surface area contributed by atoms with E-state index in [0.717, 1.165) is 0 Å². The van der Waals surface area contributed by atoms with Crippen LogP contribution in [0.5, 0.6) is 0 Å². The van der Waals surface area contributed by atoms with Crippen LogP contribution in [-0.2, 0) is 7.05 Å². The zero-order valence-corrected chi connectivity index (χ0v) is 10.0. The third kappa shape index (κ3) is 1.93. The van der Waals surface area contributed by atoms with E-state index in [1.54, 1.807) is 25.4 Å². The van der Waals surface area contributed by atoms with Crippen molar-refractivity contribution in [2.24, 2.45) is 7.05 Å². The van der Waals surface area contributed by atoms with Crippen molar-refractivity contribution in [3.8, 4) is 0 Å². The number of nitrogens with zero attached hydrogens (tertiary/aromatic N) is 2. The van der Waals surface area contributed by atoms with Gasteiger partial charge in [0.25, 0.3) is 0 Å². The Balaban J connectivity index is 2.45. The van der Waals surface area contributed by atoms with Crippen LogP contribution in [0, 0.1) is 0 Å². The van der Waals surface area contributed by atoms with Crippen LogP contribution in [-0.4, -0.2) is 15.6 Å². The van der Waals surface area contributed by atoms with Crippen molar-refractivity contribution in [1.82, 2.24) is 9.78 Å². The Labute approximate surface area is 100 Å². The number of aryl methyl sites for hydroxylation is 1. The molecule has 0 amide bonds. The van der Waals surface area contributed by atoms with Gasteiger partial charge in [0.2, 0.25) is 5.78 Å². The lowest BCUT2D eigenvalue weighted by Gasteiger charge is -1.98. The number of halogens is 2. The number of carbonyl (C=O) groups excluding carboxylic acids is 1. The van der Waals surface area contributed by atoms with Crippen LogP contribution in [0.1, 0.15) is 16.1 Å². The Morgan fingerprint density at radius 2 is 2.27 bits per heavy atom. The zero-order valence-electron chi connectivity index (χ0n) is 7.70. The number of hydrogen-bond donors (Lipinski definition) is 0. The molecule has 0 bridgehead atoms. The maximum absolute atomic E-state index is 12.0. The summed E-state index contributed by atoms with van der Waals surface area (Å²) < 4.78 is 2.42. The summed E-state index contributed by atoms with van der Waals surface area (Å²) in [4.78, 5) is 12.0. The summed E-state index contributed by atoms with van der Waals surface area (Å²) in [6.45, 7) is 0. The van der Waals surface area contributed by atoms with Gasteiger partial charge in [-0.25, -0.2) is 0 Å². The molecule has 78 valence electrons. The lowest BCUT2D eigenvalue weighted by molar-refractivity contribution is 0.103. The van der Waals surface area contributed by atoms with Gasteiger partial charge in [-0.15, -0.1) is 11.3 Å². The highest BCUT2D eigenvalue weighted by atomic mass is 35.5. The number of thiophene rings is 1. The molecule has 2 rings (SSSR count). The minimum atomic E-state index is -0.164. The highest BCUT2D eigenvalue weighted by molar-refractivity contribution is 7.20. The molecule has 2 aromatic rings. The molecule has 2 heterocycles. The minimum absolute atomic E-state index is 0.164. The molecule has 0 unspecified atom stereocenters. The van der Waals surface area contributed by atoms with E-state index in [1.165, 1.54) is 16.0 Å². The number of carbonyl (C=O) groups is 1. The Bertz CT molecular complexity index is 518. The molecular weight excluding hydrogens is 255 g/mol. The van der Waals surface area contributed by atoms with E-state index in [9.17, 15) is 4.79 Å². The van der Waals surface area contributed by atoms with Crippen molar-refractivity contribution in [3.63, 3.8) is 0 Å². The fourth-order valence-corrected chi connectivity index (χ4v) is 2.69. The van der Waals surface area contributed by atoms with Crippen molar-refractivity contribution in [2.45, 2.75) is 0 Å².